The van der Waals surface area contributed by atoms with Crippen LogP contribution in [0.15, 0.2) is 115 Å². The zero-order valence-electron chi connectivity index (χ0n) is 28.9. The van der Waals surface area contributed by atoms with Crippen LogP contribution in [0.2, 0.25) is 0 Å². The summed E-state index contributed by atoms with van der Waals surface area (Å²) in [5.74, 6) is 1.54. The van der Waals surface area contributed by atoms with E-state index in [1.54, 1.807) is 14.2 Å². The van der Waals surface area contributed by atoms with Crippen molar-refractivity contribution in [2.75, 3.05) is 19.1 Å². The van der Waals surface area contributed by atoms with E-state index in [2.05, 4.69) is 64.1 Å². The molecule has 1 heterocycles. The molecule has 0 N–H and O–H groups in total. The standard InChI is InChI=1S/C41H42N2O5S.Na/c1-47-35-21-17-33(18-22-35)43(34-19-23-36(48-2)24-20-34)32-15-12-29(13-16-32)31-14-25-40-38(28-31)37-10-6-7-11-39(37)42(40)27-26-41(49(44,45)46)30-8-4-3-5-9-30;/h6-7,10-25,28,30,41H,3-5,8-9,26-27H2,1-2H3,(H,44,45,46);/q;+1/p-1. The normalized spacial score (nSPS) is 14.3. The molecule has 0 saturated heterocycles. The number of methoxy groups -OCH3 is 2. The predicted octanol–water partition coefficient (Wildman–Crippen LogP) is 6.84. The van der Waals surface area contributed by atoms with Gasteiger partial charge in [-0.2, -0.15) is 0 Å². The van der Waals surface area contributed by atoms with Crippen LogP contribution in [-0.2, 0) is 16.7 Å². The molecule has 1 aromatic heterocycles. The maximum Gasteiger partial charge on any atom is 1.00 e. The second-order valence-electron chi connectivity index (χ2n) is 12.9. The molecular formula is C41H41N2NaO5S. The number of ether oxygens (including phenoxy) is 2. The van der Waals surface area contributed by atoms with Crippen molar-refractivity contribution in [2.45, 2.75) is 50.3 Å². The Balaban J connectivity index is 0.00000432. The molecule has 1 aliphatic carbocycles. The van der Waals surface area contributed by atoms with Crippen LogP contribution in [0.3, 0.4) is 0 Å². The SMILES string of the molecule is COc1ccc(N(c2ccc(OC)cc2)c2ccc(-c3ccc4c(c3)c3ccccc3n4CCC(C3CCCCC3)S(=O)(=O)[O-])cc2)cc1.[Na+]. The van der Waals surface area contributed by atoms with E-state index in [0.717, 1.165) is 93.6 Å². The number of hydrogen-bond acceptors (Lipinski definition) is 6. The molecule has 0 radical (unpaired) electrons. The van der Waals surface area contributed by atoms with Crippen LogP contribution < -0.4 is 43.9 Å². The largest absolute Gasteiger partial charge is 1.00 e. The topological polar surface area (TPSA) is 83.8 Å². The summed E-state index contributed by atoms with van der Waals surface area (Å²) in [5.41, 5.74) is 7.28. The molecule has 50 heavy (non-hydrogen) atoms. The van der Waals surface area contributed by atoms with Crippen LogP contribution in [0.1, 0.15) is 38.5 Å². The van der Waals surface area contributed by atoms with E-state index in [9.17, 15) is 13.0 Å². The van der Waals surface area contributed by atoms with Gasteiger partial charge in [0, 0.05) is 45.4 Å². The molecule has 0 bridgehead atoms. The van der Waals surface area contributed by atoms with E-state index in [1.165, 1.54) is 0 Å². The monoisotopic (exact) mass is 696 g/mol. The Bertz CT molecular complexity index is 2110. The van der Waals surface area contributed by atoms with Gasteiger partial charge in [-0.15, -0.1) is 0 Å². The van der Waals surface area contributed by atoms with Crippen LogP contribution in [0, 0.1) is 5.92 Å². The number of anilines is 3. The van der Waals surface area contributed by atoms with Crippen molar-refractivity contribution >= 4 is 49.0 Å². The van der Waals surface area contributed by atoms with Gasteiger partial charge < -0.3 is 23.5 Å². The van der Waals surface area contributed by atoms with Crippen LogP contribution in [0.4, 0.5) is 17.1 Å². The van der Waals surface area contributed by atoms with Crippen LogP contribution in [0.5, 0.6) is 11.5 Å². The van der Waals surface area contributed by atoms with Crippen molar-refractivity contribution in [3.8, 4) is 22.6 Å². The van der Waals surface area contributed by atoms with Gasteiger partial charge in [-0.25, -0.2) is 8.42 Å². The summed E-state index contributed by atoms with van der Waals surface area (Å²) >= 11 is 0. The van der Waals surface area contributed by atoms with Gasteiger partial charge in [-0.3, -0.25) is 0 Å². The molecule has 9 heteroatoms. The first kappa shape index (κ1) is 36.0. The molecule has 0 aliphatic heterocycles. The van der Waals surface area contributed by atoms with Crippen LogP contribution in [-0.4, -0.2) is 37.0 Å². The summed E-state index contributed by atoms with van der Waals surface area (Å²) in [6, 6.07) is 39.3. The Morgan fingerprint density at radius 3 is 1.78 bits per heavy atom. The third-order valence-corrected chi connectivity index (χ3v) is 11.4. The van der Waals surface area contributed by atoms with E-state index in [4.69, 9.17) is 9.47 Å². The van der Waals surface area contributed by atoms with Gasteiger partial charge in [0.2, 0.25) is 0 Å². The fourth-order valence-corrected chi connectivity index (χ4v) is 8.70. The molecule has 7 rings (SSSR count). The third kappa shape index (κ3) is 7.46. The minimum absolute atomic E-state index is 0. The van der Waals surface area contributed by atoms with Crippen molar-refractivity contribution in [3.05, 3.63) is 115 Å². The molecule has 0 amide bonds. The summed E-state index contributed by atoms with van der Waals surface area (Å²) in [7, 11) is -1.07. The molecule has 0 spiro atoms. The van der Waals surface area contributed by atoms with Gasteiger partial charge in [0.25, 0.3) is 0 Å². The molecule has 1 fully saturated rings. The second kappa shape index (κ2) is 15.6. The van der Waals surface area contributed by atoms with Gasteiger partial charge in [-0.1, -0.05) is 55.7 Å². The van der Waals surface area contributed by atoms with Crippen molar-refractivity contribution < 1.29 is 52.0 Å². The number of aryl methyl sites for hydroxylation is 1. The smallest absolute Gasteiger partial charge is 0.748 e. The predicted molar refractivity (Wildman–Crippen MR) is 197 cm³/mol. The fourth-order valence-electron chi connectivity index (χ4n) is 7.56. The van der Waals surface area contributed by atoms with E-state index < -0.39 is 15.4 Å². The maximum absolute atomic E-state index is 12.4. The molecular weight excluding hydrogens is 656 g/mol. The summed E-state index contributed by atoms with van der Waals surface area (Å²) in [5, 5.41) is 1.37. The van der Waals surface area contributed by atoms with E-state index in [-0.39, 0.29) is 35.5 Å². The second-order valence-corrected chi connectivity index (χ2v) is 14.5. The molecule has 1 saturated carbocycles. The molecule has 7 nitrogen and oxygen atoms in total. The maximum atomic E-state index is 12.4. The zero-order valence-corrected chi connectivity index (χ0v) is 31.7. The Morgan fingerprint density at radius 2 is 1.22 bits per heavy atom. The molecule has 6 aromatic rings. The number of para-hydroxylation sites is 1. The van der Waals surface area contributed by atoms with Gasteiger partial charge in [-0.05, 0) is 115 Å². The first-order valence-electron chi connectivity index (χ1n) is 17.0. The molecule has 252 valence electrons. The molecule has 1 atom stereocenters. The number of aromatic nitrogens is 1. The average molecular weight is 697 g/mol. The number of fused-ring (bicyclic) bond motifs is 3. The number of hydrogen-bond donors (Lipinski definition) is 0. The van der Waals surface area contributed by atoms with Crippen LogP contribution >= 0.6 is 0 Å². The summed E-state index contributed by atoms with van der Waals surface area (Å²) in [4.78, 5) is 2.20. The van der Waals surface area contributed by atoms with E-state index in [1.807, 2.05) is 60.7 Å². The Morgan fingerprint density at radius 1 is 0.700 bits per heavy atom. The average Bonchev–Trinajstić information content (AvgIpc) is 3.45. The molecule has 5 aromatic carbocycles. The summed E-state index contributed by atoms with van der Waals surface area (Å²) < 4.78 is 50.3. The van der Waals surface area contributed by atoms with Crippen LogP contribution in [0.25, 0.3) is 32.9 Å². The third-order valence-electron chi connectivity index (χ3n) is 10.1. The van der Waals surface area contributed by atoms with Crippen molar-refractivity contribution in [2.24, 2.45) is 5.92 Å². The molecule has 1 unspecified atom stereocenters. The van der Waals surface area contributed by atoms with Gasteiger partial charge in [0.05, 0.1) is 29.6 Å². The Kier molecular flexibility index (Phi) is 11.3. The summed E-state index contributed by atoms with van der Waals surface area (Å²) in [6.45, 7) is 0.479. The number of nitrogens with zero attached hydrogens (tertiary/aromatic N) is 2. The van der Waals surface area contributed by atoms with E-state index in [0.29, 0.717) is 13.0 Å². The molecule has 1 aliphatic rings. The minimum Gasteiger partial charge on any atom is -0.748 e. The first-order chi connectivity index (χ1) is 23.8. The van der Waals surface area contributed by atoms with E-state index >= 15 is 0 Å². The minimum atomic E-state index is -4.40. The zero-order chi connectivity index (χ0) is 34.0. The Hall–Kier alpha value is -3.79. The quantitative estimate of drug-likeness (QED) is 0.109. The Labute approximate surface area is 316 Å². The van der Waals surface area contributed by atoms with Crippen molar-refractivity contribution in [1.82, 2.24) is 4.57 Å². The van der Waals surface area contributed by atoms with Crippen molar-refractivity contribution in [1.29, 1.82) is 0 Å². The number of rotatable bonds is 11. The summed E-state index contributed by atoms with van der Waals surface area (Å²) in [6.07, 6.45) is 5.07. The van der Waals surface area contributed by atoms with Gasteiger partial charge >= 0.3 is 29.6 Å². The van der Waals surface area contributed by atoms with Gasteiger partial charge in [0.1, 0.15) is 11.5 Å². The number of benzene rings is 5. The fraction of sp³-hybridized carbons (Fsp3) is 0.268. The van der Waals surface area contributed by atoms with Crippen molar-refractivity contribution in [3.63, 3.8) is 0 Å². The van der Waals surface area contributed by atoms with Gasteiger partial charge in [0.15, 0.2) is 0 Å². The first-order valence-corrected chi connectivity index (χ1v) is 18.5.